The highest BCUT2D eigenvalue weighted by Crippen LogP contribution is 2.28. The van der Waals surface area contributed by atoms with E-state index in [9.17, 15) is 9.59 Å². The van der Waals surface area contributed by atoms with Gasteiger partial charge in [0.2, 0.25) is 5.91 Å². The van der Waals surface area contributed by atoms with Gasteiger partial charge in [-0.15, -0.1) is 0 Å². The number of rotatable bonds is 5. The number of likely N-dealkylation sites (tertiary alicyclic amines) is 1. The van der Waals surface area contributed by atoms with Crippen molar-refractivity contribution in [2.75, 3.05) is 24.3 Å². The maximum atomic E-state index is 12.7. The Labute approximate surface area is 148 Å². The summed E-state index contributed by atoms with van der Waals surface area (Å²) in [6, 6.07) is 16.7. The first-order valence-corrected chi connectivity index (χ1v) is 8.42. The van der Waals surface area contributed by atoms with E-state index in [1.165, 1.54) is 4.90 Å². The van der Waals surface area contributed by atoms with Crippen LogP contribution in [0.5, 0.6) is 0 Å². The van der Waals surface area contributed by atoms with Crippen LogP contribution < -0.4 is 10.2 Å². The predicted molar refractivity (Wildman–Crippen MR) is 99.5 cm³/mol. The molecule has 0 radical (unpaired) electrons. The number of carbonyl (C=O) groups excluding carboxylic acids is 2. The van der Waals surface area contributed by atoms with E-state index in [0.717, 1.165) is 16.9 Å². The van der Waals surface area contributed by atoms with Crippen LogP contribution in [0.3, 0.4) is 0 Å². The van der Waals surface area contributed by atoms with Crippen molar-refractivity contribution in [2.45, 2.75) is 25.4 Å². The van der Waals surface area contributed by atoms with Gasteiger partial charge in [0.25, 0.3) is 5.91 Å². The standard InChI is InChI=1S/C20H23N3O2/c1-14(15-7-5-4-6-8-15)23-19(24)13-18(20(23)25)21-16-9-11-17(12-10-16)22(2)3/h4-12,14,18,21H,13H2,1-3H3. The number of imide groups is 1. The molecule has 0 saturated carbocycles. The molecular weight excluding hydrogens is 314 g/mol. The SMILES string of the molecule is CC(c1ccccc1)N1C(=O)CC(Nc2ccc(N(C)C)cc2)C1=O. The number of nitrogens with zero attached hydrogens (tertiary/aromatic N) is 2. The van der Waals surface area contributed by atoms with Crippen LogP contribution in [-0.4, -0.2) is 36.9 Å². The smallest absolute Gasteiger partial charge is 0.252 e. The third-order valence-corrected chi connectivity index (χ3v) is 4.58. The van der Waals surface area contributed by atoms with E-state index < -0.39 is 6.04 Å². The summed E-state index contributed by atoms with van der Waals surface area (Å²) in [5.41, 5.74) is 2.88. The maximum absolute atomic E-state index is 12.7. The second-order valence-corrected chi connectivity index (χ2v) is 6.53. The summed E-state index contributed by atoms with van der Waals surface area (Å²) in [6.07, 6.45) is 0.186. The molecule has 2 aromatic rings. The monoisotopic (exact) mass is 337 g/mol. The second kappa shape index (κ2) is 6.97. The Morgan fingerprint density at radius 3 is 2.28 bits per heavy atom. The molecular formula is C20H23N3O2. The average molecular weight is 337 g/mol. The Hall–Kier alpha value is -2.82. The lowest BCUT2D eigenvalue weighted by Crippen LogP contribution is -2.36. The highest BCUT2D eigenvalue weighted by Gasteiger charge is 2.41. The minimum absolute atomic E-state index is 0.135. The molecule has 2 atom stereocenters. The predicted octanol–water partition coefficient (Wildman–Crippen LogP) is 3.05. The van der Waals surface area contributed by atoms with Crippen molar-refractivity contribution in [2.24, 2.45) is 0 Å². The van der Waals surface area contributed by atoms with E-state index in [4.69, 9.17) is 0 Å². The van der Waals surface area contributed by atoms with Crippen LogP contribution in [-0.2, 0) is 9.59 Å². The summed E-state index contributed by atoms with van der Waals surface area (Å²) in [4.78, 5) is 28.5. The topological polar surface area (TPSA) is 52.7 Å². The first kappa shape index (κ1) is 17.0. The van der Waals surface area contributed by atoms with Gasteiger partial charge in [-0.2, -0.15) is 0 Å². The Morgan fingerprint density at radius 1 is 1.04 bits per heavy atom. The Kier molecular flexibility index (Phi) is 4.74. The fourth-order valence-corrected chi connectivity index (χ4v) is 3.11. The molecule has 1 fully saturated rings. The summed E-state index contributed by atoms with van der Waals surface area (Å²) in [5.74, 6) is -0.304. The lowest BCUT2D eigenvalue weighted by atomic mass is 10.1. The van der Waals surface area contributed by atoms with Crippen molar-refractivity contribution in [3.8, 4) is 0 Å². The summed E-state index contributed by atoms with van der Waals surface area (Å²) in [6.45, 7) is 1.89. The molecule has 0 aliphatic carbocycles. The fraction of sp³-hybridized carbons (Fsp3) is 0.300. The highest BCUT2D eigenvalue weighted by atomic mass is 16.2. The van der Waals surface area contributed by atoms with Crippen LogP contribution in [0, 0.1) is 0 Å². The maximum Gasteiger partial charge on any atom is 0.252 e. The van der Waals surface area contributed by atoms with Gasteiger partial charge < -0.3 is 10.2 Å². The lowest BCUT2D eigenvalue weighted by molar-refractivity contribution is -0.141. The van der Waals surface area contributed by atoms with Gasteiger partial charge in [-0.05, 0) is 36.8 Å². The van der Waals surface area contributed by atoms with Gasteiger partial charge in [-0.1, -0.05) is 30.3 Å². The fourth-order valence-electron chi connectivity index (χ4n) is 3.11. The molecule has 2 unspecified atom stereocenters. The quantitative estimate of drug-likeness (QED) is 0.852. The number of benzene rings is 2. The number of amides is 2. The van der Waals surface area contributed by atoms with Crippen LogP contribution in [0.4, 0.5) is 11.4 Å². The Morgan fingerprint density at radius 2 is 1.68 bits per heavy atom. The van der Waals surface area contributed by atoms with Gasteiger partial charge in [0, 0.05) is 25.5 Å². The number of hydrogen-bond donors (Lipinski definition) is 1. The molecule has 0 aromatic heterocycles. The van der Waals surface area contributed by atoms with Gasteiger partial charge >= 0.3 is 0 Å². The first-order chi connectivity index (χ1) is 12.0. The molecule has 1 heterocycles. The molecule has 3 rings (SSSR count). The summed E-state index contributed by atoms with van der Waals surface area (Å²) in [5, 5.41) is 3.19. The molecule has 1 N–H and O–H groups in total. The van der Waals surface area contributed by atoms with Gasteiger partial charge in [0.15, 0.2) is 0 Å². The molecule has 5 nitrogen and oxygen atoms in total. The normalized spacial score (nSPS) is 18.4. The van der Waals surface area contributed by atoms with Crippen LogP contribution in [0.25, 0.3) is 0 Å². The van der Waals surface area contributed by atoms with Crippen molar-refractivity contribution in [1.29, 1.82) is 0 Å². The van der Waals surface area contributed by atoms with Crippen LogP contribution in [0.15, 0.2) is 54.6 Å². The van der Waals surface area contributed by atoms with Gasteiger partial charge in [-0.25, -0.2) is 0 Å². The van der Waals surface area contributed by atoms with E-state index >= 15 is 0 Å². The lowest BCUT2D eigenvalue weighted by Gasteiger charge is -2.23. The molecule has 0 bridgehead atoms. The van der Waals surface area contributed by atoms with E-state index in [1.807, 2.05) is 80.5 Å². The molecule has 130 valence electrons. The van der Waals surface area contributed by atoms with Crippen LogP contribution in [0.2, 0.25) is 0 Å². The summed E-state index contributed by atoms with van der Waals surface area (Å²) in [7, 11) is 3.95. The van der Waals surface area contributed by atoms with Crippen molar-refractivity contribution >= 4 is 23.2 Å². The number of carbonyl (C=O) groups is 2. The van der Waals surface area contributed by atoms with Gasteiger partial charge in [0.05, 0.1) is 12.5 Å². The minimum atomic E-state index is -0.510. The largest absolute Gasteiger partial charge is 0.378 e. The van der Waals surface area contributed by atoms with Crippen LogP contribution in [0.1, 0.15) is 24.9 Å². The Balaban J connectivity index is 1.72. The number of anilines is 2. The van der Waals surface area contributed by atoms with Crippen molar-refractivity contribution < 1.29 is 9.59 Å². The molecule has 25 heavy (non-hydrogen) atoms. The molecule has 2 aromatic carbocycles. The molecule has 0 spiro atoms. The summed E-state index contributed by atoms with van der Waals surface area (Å²) < 4.78 is 0. The van der Waals surface area contributed by atoms with E-state index in [1.54, 1.807) is 0 Å². The zero-order valence-electron chi connectivity index (χ0n) is 14.8. The molecule has 1 aliphatic rings. The second-order valence-electron chi connectivity index (χ2n) is 6.53. The van der Waals surface area contributed by atoms with Crippen molar-refractivity contribution in [1.82, 2.24) is 4.90 Å². The molecule has 1 aliphatic heterocycles. The third kappa shape index (κ3) is 3.50. The zero-order valence-corrected chi connectivity index (χ0v) is 14.8. The highest BCUT2D eigenvalue weighted by molar-refractivity contribution is 6.07. The summed E-state index contributed by atoms with van der Waals surface area (Å²) >= 11 is 0. The Bertz CT molecular complexity index is 756. The number of nitrogens with one attached hydrogen (secondary N) is 1. The van der Waals surface area contributed by atoms with Crippen LogP contribution >= 0.6 is 0 Å². The van der Waals surface area contributed by atoms with E-state index in [-0.39, 0.29) is 24.3 Å². The molecule has 1 saturated heterocycles. The van der Waals surface area contributed by atoms with E-state index in [2.05, 4.69) is 5.32 Å². The zero-order chi connectivity index (χ0) is 18.0. The van der Waals surface area contributed by atoms with Gasteiger partial charge in [-0.3, -0.25) is 14.5 Å². The number of hydrogen-bond acceptors (Lipinski definition) is 4. The minimum Gasteiger partial charge on any atom is -0.378 e. The van der Waals surface area contributed by atoms with Crippen molar-refractivity contribution in [3.05, 3.63) is 60.2 Å². The van der Waals surface area contributed by atoms with E-state index in [0.29, 0.717) is 0 Å². The first-order valence-electron chi connectivity index (χ1n) is 8.42. The van der Waals surface area contributed by atoms with Gasteiger partial charge in [0.1, 0.15) is 6.04 Å². The van der Waals surface area contributed by atoms with Crippen molar-refractivity contribution in [3.63, 3.8) is 0 Å². The molecule has 5 heteroatoms. The molecule has 2 amide bonds. The third-order valence-electron chi connectivity index (χ3n) is 4.58. The average Bonchev–Trinajstić information content (AvgIpc) is 2.89.